The van der Waals surface area contributed by atoms with Crippen LogP contribution in [0.3, 0.4) is 0 Å². The first-order valence-electron chi connectivity index (χ1n) is 9.46. The topological polar surface area (TPSA) is 18.5 Å². The first kappa shape index (κ1) is 24.7. The molecule has 0 amide bonds. The highest BCUT2D eigenvalue weighted by Gasteiger charge is 2.39. The first-order valence-corrected chi connectivity index (χ1v) is 15.3. The van der Waals surface area contributed by atoms with Gasteiger partial charge in [0.2, 0.25) is 0 Å². The van der Waals surface area contributed by atoms with Gasteiger partial charge in [-0.15, -0.1) is 5.92 Å². The largest absolute Gasteiger partial charge is 0.413 e. The third-order valence-corrected chi connectivity index (χ3v) is 14.7. The highest BCUT2D eigenvalue weighted by Crippen LogP contribution is 2.38. The Morgan fingerprint density at radius 3 is 1.80 bits per heavy atom. The molecule has 0 heterocycles. The van der Waals surface area contributed by atoms with Crippen molar-refractivity contribution in [1.82, 2.24) is 0 Å². The fourth-order valence-electron chi connectivity index (χ4n) is 1.80. The molecule has 0 aliphatic heterocycles. The van der Waals surface area contributed by atoms with Crippen molar-refractivity contribution in [3.63, 3.8) is 0 Å². The van der Waals surface area contributed by atoms with E-state index in [0.717, 1.165) is 0 Å². The van der Waals surface area contributed by atoms with Gasteiger partial charge in [-0.2, -0.15) is 0 Å². The standard InChI is InChI=1S/C21H42O2Si2/c1-13-15-18(2)19(23-25(11,12)21(6,7)8)16-14-17-22-24(9,10)20(3,4)5/h14,16,18-19H,17H2,1-12H3/b16-14-/t18-,19+/m1/s1. The third kappa shape index (κ3) is 7.82. The van der Waals surface area contributed by atoms with Crippen LogP contribution in [0.25, 0.3) is 0 Å². The molecule has 0 N–H and O–H groups in total. The Hall–Kier alpha value is -0.346. The lowest BCUT2D eigenvalue weighted by molar-refractivity contribution is 0.192. The summed E-state index contributed by atoms with van der Waals surface area (Å²) in [5.41, 5.74) is 0. The minimum absolute atomic E-state index is 0.0244. The highest BCUT2D eigenvalue weighted by atomic mass is 28.4. The van der Waals surface area contributed by atoms with Gasteiger partial charge in [-0.25, -0.2) is 0 Å². The monoisotopic (exact) mass is 382 g/mol. The molecule has 0 aromatic carbocycles. The molecule has 0 fully saturated rings. The smallest absolute Gasteiger partial charge is 0.192 e. The lowest BCUT2D eigenvalue weighted by Crippen LogP contribution is -2.45. The van der Waals surface area contributed by atoms with Crippen molar-refractivity contribution in [3.05, 3.63) is 12.2 Å². The fraction of sp³-hybridized carbons (Fsp3) is 0.810. The molecule has 146 valence electrons. The van der Waals surface area contributed by atoms with E-state index in [2.05, 4.69) is 98.6 Å². The third-order valence-electron chi connectivity index (χ3n) is 5.77. The van der Waals surface area contributed by atoms with Gasteiger partial charge >= 0.3 is 0 Å². The number of hydrogen-bond acceptors (Lipinski definition) is 2. The van der Waals surface area contributed by atoms with Crippen molar-refractivity contribution in [2.45, 2.75) is 97.8 Å². The van der Waals surface area contributed by atoms with E-state index in [1.165, 1.54) is 0 Å². The van der Waals surface area contributed by atoms with Gasteiger partial charge in [-0.3, -0.25) is 0 Å². The summed E-state index contributed by atoms with van der Waals surface area (Å²) in [6.45, 7) is 27.5. The van der Waals surface area contributed by atoms with Crippen LogP contribution in [0, 0.1) is 17.8 Å². The summed E-state index contributed by atoms with van der Waals surface area (Å²) in [6, 6.07) is 0. The second-order valence-corrected chi connectivity index (χ2v) is 19.6. The quantitative estimate of drug-likeness (QED) is 0.280. The van der Waals surface area contributed by atoms with Gasteiger partial charge in [-0.05, 0) is 50.1 Å². The van der Waals surface area contributed by atoms with Gasteiger partial charge < -0.3 is 8.85 Å². The van der Waals surface area contributed by atoms with Crippen LogP contribution < -0.4 is 0 Å². The van der Waals surface area contributed by atoms with Crippen molar-refractivity contribution >= 4 is 16.6 Å². The van der Waals surface area contributed by atoms with Gasteiger partial charge in [0.1, 0.15) is 0 Å². The lowest BCUT2D eigenvalue weighted by Gasteiger charge is -2.39. The second kappa shape index (κ2) is 9.04. The van der Waals surface area contributed by atoms with Crippen molar-refractivity contribution in [3.8, 4) is 11.8 Å². The summed E-state index contributed by atoms with van der Waals surface area (Å²) < 4.78 is 12.9. The Labute approximate surface area is 160 Å². The van der Waals surface area contributed by atoms with Crippen LogP contribution in [0.15, 0.2) is 12.2 Å². The normalized spacial score (nSPS) is 16.5. The van der Waals surface area contributed by atoms with Gasteiger partial charge in [0.15, 0.2) is 16.6 Å². The van der Waals surface area contributed by atoms with E-state index in [4.69, 9.17) is 8.85 Å². The molecular weight excluding hydrogens is 340 g/mol. The van der Waals surface area contributed by atoms with Crippen molar-refractivity contribution in [2.75, 3.05) is 6.61 Å². The molecule has 0 saturated heterocycles. The summed E-state index contributed by atoms with van der Waals surface area (Å²) in [4.78, 5) is 0. The molecule has 25 heavy (non-hydrogen) atoms. The van der Waals surface area contributed by atoms with E-state index in [0.29, 0.717) is 6.61 Å². The minimum Gasteiger partial charge on any atom is -0.413 e. The first-order chi connectivity index (χ1) is 11.0. The van der Waals surface area contributed by atoms with Crippen LogP contribution in [-0.4, -0.2) is 29.3 Å². The Bertz CT molecular complexity index is 497. The van der Waals surface area contributed by atoms with Crippen LogP contribution in [0.2, 0.25) is 36.3 Å². The van der Waals surface area contributed by atoms with E-state index < -0.39 is 16.6 Å². The molecular formula is C21H42O2Si2. The Morgan fingerprint density at radius 2 is 1.40 bits per heavy atom. The van der Waals surface area contributed by atoms with E-state index >= 15 is 0 Å². The van der Waals surface area contributed by atoms with Crippen LogP contribution in [0.1, 0.15) is 55.4 Å². The Kier molecular flexibility index (Phi) is 8.91. The van der Waals surface area contributed by atoms with Crippen molar-refractivity contribution in [1.29, 1.82) is 0 Å². The predicted molar refractivity (Wildman–Crippen MR) is 117 cm³/mol. The zero-order valence-electron chi connectivity index (χ0n) is 18.8. The fourth-order valence-corrected chi connectivity index (χ4v) is 4.06. The molecule has 2 atom stereocenters. The molecule has 0 spiro atoms. The Balaban J connectivity index is 5.12. The van der Waals surface area contributed by atoms with E-state index in [-0.39, 0.29) is 22.1 Å². The Morgan fingerprint density at radius 1 is 0.920 bits per heavy atom. The molecule has 4 heteroatoms. The molecule has 0 aliphatic carbocycles. The second-order valence-electron chi connectivity index (χ2n) is 10.0. The van der Waals surface area contributed by atoms with Crippen LogP contribution in [0.4, 0.5) is 0 Å². The van der Waals surface area contributed by atoms with Crippen LogP contribution in [0.5, 0.6) is 0 Å². The summed E-state index contributed by atoms with van der Waals surface area (Å²) in [6.07, 6.45) is 4.32. The van der Waals surface area contributed by atoms with E-state index in [1.807, 2.05) is 6.92 Å². The molecule has 0 unspecified atom stereocenters. The average Bonchev–Trinajstić information content (AvgIpc) is 2.39. The SMILES string of the molecule is CC#C[C@@H](C)[C@H](/C=C\CO[Si](C)(C)C(C)(C)C)O[Si](C)(C)C(C)(C)C. The van der Waals surface area contributed by atoms with E-state index in [9.17, 15) is 0 Å². The average molecular weight is 383 g/mol. The molecule has 0 aromatic rings. The van der Waals surface area contributed by atoms with Crippen molar-refractivity contribution < 1.29 is 8.85 Å². The highest BCUT2D eigenvalue weighted by molar-refractivity contribution is 6.74. The molecule has 0 aliphatic rings. The molecule has 2 nitrogen and oxygen atoms in total. The van der Waals surface area contributed by atoms with Crippen molar-refractivity contribution in [2.24, 2.45) is 5.92 Å². The number of hydrogen-bond donors (Lipinski definition) is 0. The molecule has 0 saturated carbocycles. The predicted octanol–water partition coefficient (Wildman–Crippen LogP) is 6.61. The maximum atomic E-state index is 6.62. The van der Waals surface area contributed by atoms with Gasteiger partial charge in [0.05, 0.1) is 12.7 Å². The summed E-state index contributed by atoms with van der Waals surface area (Å²) in [7, 11) is -3.55. The molecule has 0 bridgehead atoms. The lowest BCUT2D eigenvalue weighted by atomic mass is 10.1. The minimum atomic E-state index is -1.84. The summed E-state index contributed by atoms with van der Waals surface area (Å²) in [5, 5.41) is 0.426. The molecule has 0 radical (unpaired) electrons. The zero-order chi connectivity index (χ0) is 20.1. The van der Waals surface area contributed by atoms with Crippen LogP contribution in [-0.2, 0) is 8.85 Å². The maximum Gasteiger partial charge on any atom is 0.192 e. The molecule has 0 aromatic heterocycles. The zero-order valence-corrected chi connectivity index (χ0v) is 20.8. The van der Waals surface area contributed by atoms with Gasteiger partial charge in [0, 0.05) is 5.92 Å². The van der Waals surface area contributed by atoms with Gasteiger partial charge in [-0.1, -0.05) is 59.6 Å². The van der Waals surface area contributed by atoms with E-state index in [1.54, 1.807) is 0 Å². The summed E-state index contributed by atoms with van der Waals surface area (Å²) in [5.74, 6) is 6.48. The number of rotatable bonds is 7. The maximum absolute atomic E-state index is 6.62. The summed E-state index contributed by atoms with van der Waals surface area (Å²) >= 11 is 0. The van der Waals surface area contributed by atoms with Gasteiger partial charge in [0.25, 0.3) is 0 Å². The molecule has 0 rings (SSSR count). The van der Waals surface area contributed by atoms with Crippen LogP contribution >= 0.6 is 0 Å².